The molecular formula is C31H31FN6O3. The molecule has 2 aromatic carbocycles. The van der Waals surface area contributed by atoms with Crippen molar-refractivity contribution in [2.75, 3.05) is 13.1 Å². The zero-order valence-corrected chi connectivity index (χ0v) is 23.2. The first-order chi connectivity index (χ1) is 19.7. The Morgan fingerprint density at radius 3 is 2.56 bits per heavy atom. The molecule has 1 atom stereocenters. The second kappa shape index (κ2) is 10.8. The fourth-order valence-electron chi connectivity index (χ4n) is 5.81. The summed E-state index contributed by atoms with van der Waals surface area (Å²) in [6.07, 6.45) is 2.27. The van der Waals surface area contributed by atoms with Crippen LogP contribution in [-0.2, 0) is 11.2 Å². The highest BCUT2D eigenvalue weighted by atomic mass is 19.1. The third kappa shape index (κ3) is 5.41. The lowest BCUT2D eigenvalue weighted by Gasteiger charge is -2.32. The SMILES string of the molecule is Cc1cc(C)nc(C(Cc2cc(C)c3[nH]ncc3c2)OC(=O)N2CCC(c3cc4cccc(F)c4[nH]c3=O)CC2)n1. The number of aryl methyl sites for hydroxylation is 3. The zero-order chi connectivity index (χ0) is 28.7. The molecule has 1 amide bonds. The van der Waals surface area contributed by atoms with Gasteiger partial charge in [0.1, 0.15) is 5.82 Å². The fourth-order valence-corrected chi connectivity index (χ4v) is 5.81. The van der Waals surface area contributed by atoms with Crippen molar-refractivity contribution < 1.29 is 13.9 Å². The number of aromatic nitrogens is 5. The summed E-state index contributed by atoms with van der Waals surface area (Å²) >= 11 is 0. The third-order valence-corrected chi connectivity index (χ3v) is 7.81. The number of halogens is 1. The van der Waals surface area contributed by atoms with Crippen molar-refractivity contribution in [1.29, 1.82) is 0 Å². The van der Waals surface area contributed by atoms with Crippen molar-refractivity contribution in [2.24, 2.45) is 0 Å². The van der Waals surface area contributed by atoms with Crippen molar-refractivity contribution in [3.05, 3.63) is 98.7 Å². The van der Waals surface area contributed by atoms with Gasteiger partial charge in [-0.1, -0.05) is 18.2 Å². The maximum absolute atomic E-state index is 14.1. The van der Waals surface area contributed by atoms with Gasteiger partial charge in [0.2, 0.25) is 0 Å². The first kappa shape index (κ1) is 26.6. The van der Waals surface area contributed by atoms with Gasteiger partial charge in [0, 0.05) is 47.2 Å². The summed E-state index contributed by atoms with van der Waals surface area (Å²) in [5, 5.41) is 8.80. The lowest BCUT2D eigenvalue weighted by Crippen LogP contribution is -2.40. The molecule has 3 aromatic heterocycles. The largest absolute Gasteiger partial charge is 0.437 e. The minimum atomic E-state index is -0.680. The molecule has 1 unspecified atom stereocenters. The first-order valence-electron chi connectivity index (χ1n) is 13.8. The van der Waals surface area contributed by atoms with E-state index >= 15 is 0 Å². The molecule has 4 heterocycles. The molecule has 0 saturated carbocycles. The average molecular weight is 555 g/mol. The summed E-state index contributed by atoms with van der Waals surface area (Å²) in [7, 11) is 0. The zero-order valence-electron chi connectivity index (χ0n) is 23.2. The van der Waals surface area contributed by atoms with E-state index in [0.717, 1.165) is 33.4 Å². The van der Waals surface area contributed by atoms with E-state index in [1.165, 1.54) is 6.07 Å². The van der Waals surface area contributed by atoms with E-state index in [0.29, 0.717) is 49.1 Å². The maximum atomic E-state index is 14.1. The van der Waals surface area contributed by atoms with Gasteiger partial charge in [-0.15, -0.1) is 0 Å². The van der Waals surface area contributed by atoms with E-state index in [1.54, 1.807) is 29.3 Å². The lowest BCUT2D eigenvalue weighted by atomic mass is 9.89. The summed E-state index contributed by atoms with van der Waals surface area (Å²) in [5.74, 6) is -0.0322. The minimum absolute atomic E-state index is 0.0429. The van der Waals surface area contributed by atoms with Gasteiger partial charge < -0.3 is 14.6 Å². The highest BCUT2D eigenvalue weighted by Crippen LogP contribution is 2.30. The van der Waals surface area contributed by atoms with Crippen molar-refractivity contribution >= 4 is 27.9 Å². The Hall–Kier alpha value is -4.60. The number of H-pyrrole nitrogens is 2. The number of fused-ring (bicyclic) bond motifs is 2. The first-order valence-corrected chi connectivity index (χ1v) is 13.8. The van der Waals surface area contributed by atoms with Gasteiger partial charge in [0.15, 0.2) is 11.9 Å². The van der Waals surface area contributed by atoms with Crippen LogP contribution < -0.4 is 5.56 Å². The standard InChI is InChI=1S/C31H31FN6O3/c1-17-11-20(13-23-16-33-37-27(17)23)14-26(29-34-18(2)12-19(3)35-29)41-31(40)38-9-7-21(8-10-38)24-15-22-5-4-6-25(32)28(22)36-30(24)39/h4-6,11-13,15-16,21,26H,7-10,14H2,1-3H3,(H,33,37)(H,36,39). The van der Waals surface area contributed by atoms with Crippen LogP contribution in [0, 0.1) is 26.6 Å². The van der Waals surface area contributed by atoms with Crippen molar-refractivity contribution in [2.45, 2.75) is 52.1 Å². The summed E-state index contributed by atoms with van der Waals surface area (Å²) in [4.78, 5) is 39.8. The number of pyridine rings is 1. The van der Waals surface area contributed by atoms with E-state index in [4.69, 9.17) is 4.74 Å². The number of nitrogens with zero attached hydrogens (tertiary/aromatic N) is 4. The van der Waals surface area contributed by atoms with E-state index in [-0.39, 0.29) is 17.0 Å². The van der Waals surface area contributed by atoms with Crippen LogP contribution in [-0.4, -0.2) is 49.2 Å². The number of nitrogens with one attached hydrogen (secondary N) is 2. The number of para-hydroxylation sites is 1. The second-order valence-electron chi connectivity index (χ2n) is 10.9. The fraction of sp³-hybridized carbons (Fsp3) is 0.323. The van der Waals surface area contributed by atoms with Gasteiger partial charge >= 0.3 is 6.09 Å². The van der Waals surface area contributed by atoms with Crippen LogP contribution in [0.3, 0.4) is 0 Å². The van der Waals surface area contributed by atoms with Crippen molar-refractivity contribution in [1.82, 2.24) is 30.0 Å². The van der Waals surface area contributed by atoms with Gasteiger partial charge in [-0.3, -0.25) is 9.89 Å². The molecule has 1 saturated heterocycles. The number of piperidine rings is 1. The monoisotopic (exact) mass is 554 g/mol. The number of likely N-dealkylation sites (tertiary alicyclic amines) is 1. The number of carbonyl (C=O) groups is 1. The van der Waals surface area contributed by atoms with E-state index in [9.17, 15) is 14.0 Å². The molecule has 10 heteroatoms. The third-order valence-electron chi connectivity index (χ3n) is 7.81. The number of hydrogen-bond acceptors (Lipinski definition) is 6. The van der Waals surface area contributed by atoms with Gasteiger partial charge in [0.05, 0.1) is 17.2 Å². The number of aromatic amines is 2. The second-order valence-corrected chi connectivity index (χ2v) is 10.9. The number of amides is 1. The molecule has 1 aliphatic rings. The number of carbonyl (C=O) groups excluding carboxylic acids is 1. The quantitative estimate of drug-likeness (QED) is 0.294. The summed E-state index contributed by atoms with van der Waals surface area (Å²) < 4.78 is 20.2. The van der Waals surface area contributed by atoms with Crippen LogP contribution in [0.25, 0.3) is 21.8 Å². The number of ether oxygens (including phenoxy) is 1. The predicted molar refractivity (Wildman–Crippen MR) is 153 cm³/mol. The Bertz CT molecular complexity index is 1800. The van der Waals surface area contributed by atoms with Gasteiger partial charge in [-0.2, -0.15) is 5.10 Å². The highest BCUT2D eigenvalue weighted by molar-refractivity contribution is 5.82. The molecule has 0 radical (unpaired) electrons. The Balaban J connectivity index is 1.20. The summed E-state index contributed by atoms with van der Waals surface area (Å²) in [6, 6.07) is 12.5. The molecule has 1 fully saturated rings. The molecular weight excluding hydrogens is 523 g/mol. The number of rotatable bonds is 5. The number of hydrogen-bond donors (Lipinski definition) is 2. The van der Waals surface area contributed by atoms with Gasteiger partial charge in [-0.25, -0.2) is 19.2 Å². The smallest absolute Gasteiger partial charge is 0.410 e. The Kier molecular flexibility index (Phi) is 6.98. The molecule has 6 rings (SSSR count). The van der Waals surface area contributed by atoms with Crippen LogP contribution in [0.2, 0.25) is 0 Å². The van der Waals surface area contributed by atoms with Crippen LogP contribution in [0.5, 0.6) is 0 Å². The maximum Gasteiger partial charge on any atom is 0.410 e. The van der Waals surface area contributed by atoms with Crippen LogP contribution in [0.1, 0.15) is 58.8 Å². The van der Waals surface area contributed by atoms with E-state index in [2.05, 4.69) is 31.2 Å². The van der Waals surface area contributed by atoms with Crippen molar-refractivity contribution in [3.8, 4) is 0 Å². The van der Waals surface area contributed by atoms with Crippen molar-refractivity contribution in [3.63, 3.8) is 0 Å². The minimum Gasteiger partial charge on any atom is -0.437 e. The topological polar surface area (TPSA) is 117 Å². The Morgan fingerprint density at radius 2 is 1.80 bits per heavy atom. The summed E-state index contributed by atoms with van der Waals surface area (Å²) in [6.45, 7) is 6.67. The number of benzene rings is 2. The molecule has 0 spiro atoms. The van der Waals surface area contributed by atoms with Gasteiger partial charge in [-0.05, 0) is 74.9 Å². The molecule has 9 nitrogen and oxygen atoms in total. The molecule has 5 aromatic rings. The average Bonchev–Trinajstić information content (AvgIpc) is 3.42. The normalized spacial score (nSPS) is 15.0. The predicted octanol–water partition coefficient (Wildman–Crippen LogP) is 5.56. The highest BCUT2D eigenvalue weighted by Gasteiger charge is 2.30. The lowest BCUT2D eigenvalue weighted by molar-refractivity contribution is 0.0518. The van der Waals surface area contributed by atoms with Gasteiger partial charge in [0.25, 0.3) is 5.56 Å². The molecule has 0 aliphatic carbocycles. The van der Waals surface area contributed by atoms with Crippen LogP contribution in [0.4, 0.5) is 9.18 Å². The van der Waals surface area contributed by atoms with Crippen LogP contribution >= 0.6 is 0 Å². The van der Waals surface area contributed by atoms with E-state index < -0.39 is 18.0 Å². The molecule has 210 valence electrons. The molecule has 1 aliphatic heterocycles. The molecule has 41 heavy (non-hydrogen) atoms. The summed E-state index contributed by atoms with van der Waals surface area (Å²) in [5.41, 5.74) is 5.15. The molecule has 0 bridgehead atoms. The Labute approximate surface area is 235 Å². The van der Waals surface area contributed by atoms with E-state index in [1.807, 2.05) is 32.9 Å². The molecule has 2 N–H and O–H groups in total. The van der Waals surface area contributed by atoms with Crippen LogP contribution in [0.15, 0.2) is 53.5 Å². The Morgan fingerprint density at radius 1 is 1.05 bits per heavy atom.